The smallest absolute Gasteiger partial charge is 0.418 e. The lowest BCUT2D eigenvalue weighted by molar-refractivity contribution is -0.137. The molecule has 1 aliphatic rings. The molecule has 1 unspecified atom stereocenters. The number of methoxy groups -OCH3 is 2. The Morgan fingerprint density at radius 1 is 1.06 bits per heavy atom. The highest BCUT2D eigenvalue weighted by Gasteiger charge is 2.36. The number of amides is 1. The zero-order valence-electron chi connectivity index (χ0n) is 29.2. The number of thiol groups is 2. The molecular weight excluding hydrogens is 698 g/mol. The van der Waals surface area contributed by atoms with Gasteiger partial charge in [-0.25, -0.2) is 0 Å². The van der Waals surface area contributed by atoms with Gasteiger partial charge in [0.15, 0.2) is 11.5 Å². The Morgan fingerprint density at radius 2 is 1.73 bits per heavy atom. The number of piperidine rings is 1. The number of alkyl halides is 3. The highest BCUT2D eigenvalue weighted by molar-refractivity contribution is 8.59. The van der Waals surface area contributed by atoms with E-state index in [2.05, 4.69) is 52.4 Å². The minimum absolute atomic E-state index is 0.0108. The van der Waals surface area contributed by atoms with Crippen LogP contribution in [0.4, 0.5) is 24.5 Å². The number of rotatable bonds is 11. The van der Waals surface area contributed by atoms with Crippen LogP contribution in [-0.4, -0.2) is 57.6 Å². The van der Waals surface area contributed by atoms with Gasteiger partial charge in [0.05, 0.1) is 31.7 Å². The number of pyridine rings is 1. The van der Waals surface area contributed by atoms with Crippen LogP contribution in [0.1, 0.15) is 54.4 Å². The van der Waals surface area contributed by atoms with Crippen molar-refractivity contribution < 1.29 is 32.2 Å². The van der Waals surface area contributed by atoms with E-state index in [0.717, 1.165) is 52.9 Å². The third-order valence-electron chi connectivity index (χ3n) is 8.71. The van der Waals surface area contributed by atoms with Crippen molar-refractivity contribution in [3.05, 3.63) is 102 Å². The number of ether oxygens (including phenoxy) is 2. The van der Waals surface area contributed by atoms with Crippen molar-refractivity contribution in [2.45, 2.75) is 50.7 Å². The number of aldehydes is 1. The minimum atomic E-state index is -4.55. The molecule has 274 valence electrons. The fourth-order valence-electron chi connectivity index (χ4n) is 6.27. The lowest BCUT2D eigenvalue weighted by Gasteiger charge is -2.35. The molecule has 1 amide bonds. The maximum atomic E-state index is 14.1. The summed E-state index contributed by atoms with van der Waals surface area (Å²) in [7, 11) is 5.05. The van der Waals surface area contributed by atoms with Crippen LogP contribution in [0.15, 0.2) is 79.5 Å². The van der Waals surface area contributed by atoms with Gasteiger partial charge in [-0.1, -0.05) is 37.8 Å². The second-order valence-corrected chi connectivity index (χ2v) is 11.7. The maximum Gasteiger partial charge on any atom is 0.418 e. The van der Waals surface area contributed by atoms with Crippen LogP contribution in [-0.2, 0) is 22.2 Å². The van der Waals surface area contributed by atoms with Gasteiger partial charge in [0, 0.05) is 54.1 Å². The van der Waals surface area contributed by atoms with E-state index in [1.54, 1.807) is 31.4 Å². The van der Waals surface area contributed by atoms with E-state index in [1.807, 2.05) is 49.5 Å². The zero-order chi connectivity index (χ0) is 37.6. The molecule has 0 aliphatic carbocycles. The van der Waals surface area contributed by atoms with Gasteiger partial charge in [0.1, 0.15) is 6.29 Å². The average Bonchev–Trinajstić information content (AvgIpc) is 3.15. The number of carbonyl (C=O) groups is 2. The van der Waals surface area contributed by atoms with Crippen molar-refractivity contribution in [2.24, 2.45) is 0 Å². The van der Waals surface area contributed by atoms with E-state index in [9.17, 15) is 18.0 Å². The predicted octanol–water partition coefficient (Wildman–Crippen LogP) is 8.31. The first kappa shape index (κ1) is 41.2. The molecule has 4 aromatic rings. The number of benzene rings is 3. The van der Waals surface area contributed by atoms with E-state index in [0.29, 0.717) is 36.9 Å². The molecule has 0 spiro atoms. The van der Waals surface area contributed by atoms with Crippen LogP contribution in [0.2, 0.25) is 0 Å². The molecule has 0 bridgehead atoms. The molecule has 2 heterocycles. The Kier molecular flexibility index (Phi) is 16.2. The molecule has 3 aromatic carbocycles. The number of halogens is 3. The van der Waals surface area contributed by atoms with Gasteiger partial charge in [-0.05, 0) is 79.4 Å². The zero-order valence-corrected chi connectivity index (χ0v) is 31.0. The molecule has 0 radical (unpaired) electrons. The van der Waals surface area contributed by atoms with Crippen LogP contribution in [0, 0.1) is 0 Å². The standard InChI is InChI=1S/C35H39F3N4O3.C3H4O.H2S2/c1-5-26(27-11-14-40-30-21-33(45-4)32(44-3)20-28(27)30)23-8-6-7-22(17-23)18-34(43)41-25-9-10-31(29(19-25)35(36,37)38)42-15-12-24(39-2)13-16-42;1-2-3-4;1-2/h6-11,14,17,19-21,24,26,39H,5,12-13,15-16,18H2,1-4H3,(H,41,43);2-3H,1H2;1-2H. The largest absolute Gasteiger partial charge is 0.493 e. The third kappa shape index (κ3) is 10.9. The van der Waals surface area contributed by atoms with Gasteiger partial charge in [-0.2, -0.15) is 13.2 Å². The summed E-state index contributed by atoms with van der Waals surface area (Å²) >= 11 is 6.44. The summed E-state index contributed by atoms with van der Waals surface area (Å²) in [5.41, 5.74) is 3.17. The molecule has 1 aliphatic heterocycles. The molecule has 1 aromatic heterocycles. The predicted molar refractivity (Wildman–Crippen MR) is 206 cm³/mol. The summed E-state index contributed by atoms with van der Waals surface area (Å²) in [6, 6.07) is 17.9. The summed E-state index contributed by atoms with van der Waals surface area (Å²) < 4.78 is 53.3. The molecule has 1 saturated heterocycles. The Bertz CT molecular complexity index is 1760. The van der Waals surface area contributed by atoms with Crippen molar-refractivity contribution in [3.63, 3.8) is 0 Å². The number of anilines is 2. The number of hydrogen-bond acceptors (Lipinski definition) is 9. The molecule has 2 N–H and O–H groups in total. The number of nitrogens with one attached hydrogen (secondary N) is 2. The lowest BCUT2D eigenvalue weighted by atomic mass is 9.86. The van der Waals surface area contributed by atoms with Gasteiger partial charge < -0.3 is 25.0 Å². The number of hydrogen-bond donors (Lipinski definition) is 4. The van der Waals surface area contributed by atoms with E-state index < -0.39 is 11.7 Å². The fraction of sp³-hybridized carbons (Fsp3) is 0.342. The molecule has 1 fully saturated rings. The van der Waals surface area contributed by atoms with E-state index >= 15 is 0 Å². The van der Waals surface area contributed by atoms with Crippen molar-refractivity contribution >= 4 is 57.8 Å². The third-order valence-corrected chi connectivity index (χ3v) is 8.71. The number of carbonyl (C=O) groups excluding carboxylic acids is 2. The minimum Gasteiger partial charge on any atom is -0.493 e. The number of fused-ring (bicyclic) bond motifs is 1. The van der Waals surface area contributed by atoms with E-state index in [4.69, 9.17) is 14.3 Å². The summed E-state index contributed by atoms with van der Waals surface area (Å²) in [5, 5.41) is 6.83. The van der Waals surface area contributed by atoms with Crippen LogP contribution in [0.5, 0.6) is 11.5 Å². The van der Waals surface area contributed by atoms with Crippen molar-refractivity contribution in [1.82, 2.24) is 10.3 Å². The van der Waals surface area contributed by atoms with Crippen LogP contribution >= 0.6 is 23.3 Å². The molecule has 51 heavy (non-hydrogen) atoms. The first-order valence-electron chi connectivity index (χ1n) is 16.4. The monoisotopic (exact) mass is 742 g/mol. The van der Waals surface area contributed by atoms with Crippen LogP contribution < -0.4 is 25.0 Å². The van der Waals surface area contributed by atoms with Crippen LogP contribution in [0.3, 0.4) is 0 Å². The van der Waals surface area contributed by atoms with E-state index in [-0.39, 0.29) is 29.6 Å². The van der Waals surface area contributed by atoms with Gasteiger partial charge in [-0.15, -0.1) is 23.3 Å². The average molecular weight is 743 g/mol. The molecule has 0 saturated carbocycles. The maximum absolute atomic E-state index is 14.1. The second kappa shape index (κ2) is 20.0. The molecule has 13 heteroatoms. The number of nitrogens with zero attached hydrogens (tertiary/aromatic N) is 2. The molecular formula is C38H45F3N4O4S2. The summed E-state index contributed by atoms with van der Waals surface area (Å²) in [6.07, 6.45) is 1.41. The van der Waals surface area contributed by atoms with Gasteiger partial charge >= 0.3 is 6.18 Å². The Balaban J connectivity index is 0.00000109. The summed E-state index contributed by atoms with van der Waals surface area (Å²) in [4.78, 5) is 28.4. The first-order chi connectivity index (χ1) is 24.6. The van der Waals surface area contributed by atoms with Crippen molar-refractivity contribution in [3.8, 4) is 11.5 Å². The summed E-state index contributed by atoms with van der Waals surface area (Å²) in [6.45, 7) is 6.28. The quantitative estimate of drug-likeness (QED) is 0.0532. The first-order valence-corrected chi connectivity index (χ1v) is 18.0. The highest BCUT2D eigenvalue weighted by atomic mass is 33.1. The van der Waals surface area contributed by atoms with Crippen LogP contribution in [0.25, 0.3) is 10.9 Å². The fourth-order valence-corrected chi connectivity index (χ4v) is 6.27. The lowest BCUT2D eigenvalue weighted by Crippen LogP contribution is -2.41. The highest BCUT2D eigenvalue weighted by Crippen LogP contribution is 2.40. The van der Waals surface area contributed by atoms with Gasteiger partial charge in [0.2, 0.25) is 5.91 Å². The molecule has 5 rings (SSSR count). The molecule has 1 atom stereocenters. The molecule has 8 nitrogen and oxygen atoms in total. The van der Waals surface area contributed by atoms with Gasteiger partial charge in [-0.3, -0.25) is 14.6 Å². The Morgan fingerprint density at radius 3 is 2.31 bits per heavy atom. The van der Waals surface area contributed by atoms with Crippen molar-refractivity contribution in [1.29, 1.82) is 0 Å². The Labute approximate surface area is 308 Å². The van der Waals surface area contributed by atoms with Crippen molar-refractivity contribution in [2.75, 3.05) is 44.6 Å². The van der Waals surface area contributed by atoms with Gasteiger partial charge in [0.25, 0.3) is 0 Å². The summed E-state index contributed by atoms with van der Waals surface area (Å²) in [5.74, 6) is 0.834. The van der Waals surface area contributed by atoms with E-state index in [1.165, 1.54) is 12.1 Å². The Hall–Kier alpha value is -4.20. The SMILES string of the molecule is C=CC=O.CCC(c1cccc(CC(=O)Nc2ccc(N3CCC(NC)CC3)c(C(F)(F)F)c2)c1)c1ccnc2cc(OC)c(OC)cc12.SS. The number of allylic oxidation sites excluding steroid dienone is 1. The normalized spacial score (nSPS) is 13.5. The topological polar surface area (TPSA) is 92.8 Å². The second-order valence-electron chi connectivity index (χ2n) is 11.7. The number of aromatic nitrogens is 1.